The Kier molecular flexibility index (Phi) is 9.59. The number of esters is 1. The zero-order chi connectivity index (χ0) is 27.8. The number of amides is 1. The number of nitrogens with one attached hydrogen (secondary N) is 1. The van der Waals surface area contributed by atoms with Crippen LogP contribution in [0.5, 0.6) is 17.2 Å². The number of carbonyl (C=O) groups is 2. The van der Waals surface area contributed by atoms with Gasteiger partial charge in [-0.3, -0.25) is 4.79 Å². The molecular weight excluding hydrogens is 607 g/mol. The van der Waals surface area contributed by atoms with E-state index < -0.39 is 18.2 Å². The van der Waals surface area contributed by atoms with Gasteiger partial charge in [0.05, 0.1) is 11.8 Å². The molecule has 0 heterocycles. The van der Waals surface area contributed by atoms with Crippen molar-refractivity contribution < 1.29 is 23.8 Å². The molecule has 0 spiro atoms. The number of nitrogens with zero attached hydrogens (tertiary/aromatic N) is 1. The van der Waals surface area contributed by atoms with Crippen LogP contribution in [0.15, 0.2) is 101 Å². The predicted octanol–water partition coefficient (Wildman–Crippen LogP) is 7.22. The highest BCUT2D eigenvalue weighted by molar-refractivity contribution is 9.10. The molecule has 39 heavy (non-hydrogen) atoms. The van der Waals surface area contributed by atoms with Gasteiger partial charge in [0.2, 0.25) is 0 Å². The third-order valence-corrected chi connectivity index (χ3v) is 6.16. The summed E-state index contributed by atoms with van der Waals surface area (Å²) in [4.78, 5) is 25.6. The number of ether oxygens (including phenoxy) is 3. The summed E-state index contributed by atoms with van der Waals surface area (Å²) in [6, 6.07) is 25.0. The lowest BCUT2D eigenvalue weighted by Crippen LogP contribution is -2.40. The molecule has 4 aromatic rings. The van der Waals surface area contributed by atoms with E-state index in [0.717, 1.165) is 10.0 Å². The summed E-state index contributed by atoms with van der Waals surface area (Å²) in [7, 11) is 0. The highest BCUT2D eigenvalue weighted by Gasteiger charge is 2.23. The Morgan fingerprint density at radius 1 is 0.846 bits per heavy atom. The molecule has 0 unspecified atom stereocenters. The summed E-state index contributed by atoms with van der Waals surface area (Å²) in [5, 5.41) is 5.06. The van der Waals surface area contributed by atoms with Crippen molar-refractivity contribution in [1.82, 2.24) is 5.43 Å². The van der Waals surface area contributed by atoms with Crippen LogP contribution < -0.4 is 19.6 Å². The monoisotopic (exact) mass is 626 g/mol. The molecule has 0 saturated carbocycles. The molecule has 0 bridgehead atoms. The minimum Gasteiger partial charge on any atom is -0.446 e. The number of halogens is 3. The fraction of sp³-hybridized carbons (Fsp3) is 0.0690. The average Bonchev–Trinajstić information content (AvgIpc) is 2.92. The summed E-state index contributed by atoms with van der Waals surface area (Å²) in [5.41, 5.74) is 4.28. The molecule has 0 aliphatic rings. The maximum atomic E-state index is 13.0. The molecular formula is C29H21BrCl2N2O5. The fourth-order valence-electron chi connectivity index (χ4n) is 3.18. The summed E-state index contributed by atoms with van der Waals surface area (Å²) in [5.74, 6) is -0.245. The number of hydrogen-bond donors (Lipinski definition) is 1. The van der Waals surface area contributed by atoms with Gasteiger partial charge in [0, 0.05) is 20.1 Å². The molecule has 1 amide bonds. The third-order valence-electron chi connectivity index (χ3n) is 5.17. The van der Waals surface area contributed by atoms with E-state index in [1.165, 1.54) is 6.21 Å². The lowest BCUT2D eigenvalue weighted by atomic mass is 10.1. The number of aryl methyl sites for hydroxylation is 1. The zero-order valence-electron chi connectivity index (χ0n) is 20.4. The minimum absolute atomic E-state index is 0.258. The molecule has 0 fully saturated rings. The van der Waals surface area contributed by atoms with Crippen LogP contribution in [-0.2, 0) is 4.79 Å². The Morgan fingerprint density at radius 2 is 1.41 bits per heavy atom. The van der Waals surface area contributed by atoms with Crippen LogP contribution in [0.4, 0.5) is 0 Å². The highest BCUT2D eigenvalue weighted by atomic mass is 79.9. The van der Waals surface area contributed by atoms with Gasteiger partial charge < -0.3 is 14.2 Å². The van der Waals surface area contributed by atoms with Crippen molar-refractivity contribution in [2.45, 2.75) is 13.2 Å². The molecule has 4 aromatic carbocycles. The van der Waals surface area contributed by atoms with E-state index >= 15 is 0 Å². The third kappa shape index (κ3) is 8.32. The number of carbonyl (C=O) groups excluding carboxylic acids is 2. The molecule has 0 atom stereocenters. The second-order valence-electron chi connectivity index (χ2n) is 8.15. The molecule has 0 aromatic heterocycles. The van der Waals surface area contributed by atoms with Crippen LogP contribution in [-0.4, -0.2) is 24.4 Å². The first-order valence-corrected chi connectivity index (χ1v) is 13.1. The van der Waals surface area contributed by atoms with Gasteiger partial charge in [0.25, 0.3) is 0 Å². The Balaban J connectivity index is 1.49. The Labute approximate surface area is 243 Å². The van der Waals surface area contributed by atoms with E-state index in [1.54, 1.807) is 78.9 Å². The van der Waals surface area contributed by atoms with Gasteiger partial charge in [0.15, 0.2) is 0 Å². The molecule has 4 rings (SSSR count). The summed E-state index contributed by atoms with van der Waals surface area (Å²) >= 11 is 15.3. The van der Waals surface area contributed by atoms with E-state index in [2.05, 4.69) is 26.5 Å². The van der Waals surface area contributed by atoms with E-state index in [4.69, 9.17) is 37.4 Å². The second-order valence-corrected chi connectivity index (χ2v) is 9.94. The topological polar surface area (TPSA) is 86.2 Å². The lowest BCUT2D eigenvalue weighted by molar-refractivity contribution is -0.140. The molecule has 0 aliphatic heterocycles. The van der Waals surface area contributed by atoms with Crippen LogP contribution in [0.25, 0.3) is 0 Å². The van der Waals surface area contributed by atoms with E-state index in [1.807, 2.05) is 19.1 Å². The molecule has 198 valence electrons. The maximum Gasteiger partial charge on any atom is 0.343 e. The molecule has 0 aliphatic carbocycles. The first kappa shape index (κ1) is 28.2. The fourth-order valence-corrected chi connectivity index (χ4v) is 3.82. The SMILES string of the molecule is Cc1ccc(C(=O)Oc2ccc(Br)cc2/C=N/NC(=O)C(Oc2ccc(Cl)cc2)Oc2ccc(Cl)cc2)cc1. The van der Waals surface area contributed by atoms with Crippen LogP contribution in [0.3, 0.4) is 0 Å². The van der Waals surface area contributed by atoms with Gasteiger partial charge in [-0.05, 0) is 85.8 Å². The van der Waals surface area contributed by atoms with E-state index in [0.29, 0.717) is 32.7 Å². The van der Waals surface area contributed by atoms with Gasteiger partial charge in [-0.2, -0.15) is 5.10 Å². The predicted molar refractivity (Wildman–Crippen MR) is 154 cm³/mol. The summed E-state index contributed by atoms with van der Waals surface area (Å²) < 4.78 is 17.8. The van der Waals surface area contributed by atoms with Crippen LogP contribution in [0.1, 0.15) is 21.5 Å². The van der Waals surface area contributed by atoms with Crippen molar-refractivity contribution in [3.8, 4) is 17.2 Å². The molecule has 10 heteroatoms. The Morgan fingerprint density at radius 3 is 1.97 bits per heavy atom. The van der Waals surface area contributed by atoms with Gasteiger partial charge in [0.1, 0.15) is 17.2 Å². The van der Waals surface area contributed by atoms with Crippen LogP contribution in [0, 0.1) is 6.92 Å². The standard InChI is InChI=1S/C29H21BrCl2N2O5/c1-18-2-4-19(5-3-18)28(36)39-26-15-6-21(30)16-20(26)17-33-34-27(35)29(37-24-11-7-22(31)8-12-24)38-25-13-9-23(32)10-14-25/h2-17,29H,1H3,(H,34,35)/b33-17+. The Hall–Kier alpha value is -3.85. The lowest BCUT2D eigenvalue weighted by Gasteiger charge is -2.19. The van der Waals surface area contributed by atoms with Gasteiger partial charge >= 0.3 is 18.2 Å². The number of hydrazone groups is 1. The Bertz CT molecular complexity index is 1430. The van der Waals surface area contributed by atoms with Gasteiger partial charge in [-0.15, -0.1) is 0 Å². The summed E-state index contributed by atoms with van der Waals surface area (Å²) in [6.45, 7) is 1.93. The van der Waals surface area contributed by atoms with Crippen molar-refractivity contribution in [3.05, 3.63) is 122 Å². The van der Waals surface area contributed by atoms with Crippen molar-refractivity contribution in [2.24, 2.45) is 5.10 Å². The molecule has 0 saturated heterocycles. The van der Waals surface area contributed by atoms with Crippen LogP contribution >= 0.6 is 39.1 Å². The van der Waals surface area contributed by atoms with Crippen molar-refractivity contribution in [1.29, 1.82) is 0 Å². The first-order valence-electron chi connectivity index (χ1n) is 11.5. The van der Waals surface area contributed by atoms with Crippen LogP contribution in [0.2, 0.25) is 10.0 Å². The summed E-state index contributed by atoms with van der Waals surface area (Å²) in [6.07, 6.45) is -0.0481. The number of hydrogen-bond acceptors (Lipinski definition) is 6. The molecule has 0 radical (unpaired) electrons. The molecule has 1 N–H and O–H groups in total. The van der Waals surface area contributed by atoms with Gasteiger partial charge in [-0.1, -0.05) is 56.8 Å². The second kappa shape index (κ2) is 13.3. The average molecular weight is 628 g/mol. The largest absolute Gasteiger partial charge is 0.446 e. The normalized spacial score (nSPS) is 10.9. The van der Waals surface area contributed by atoms with E-state index in [9.17, 15) is 9.59 Å². The highest BCUT2D eigenvalue weighted by Crippen LogP contribution is 2.24. The number of benzene rings is 4. The van der Waals surface area contributed by atoms with E-state index in [-0.39, 0.29) is 5.75 Å². The number of rotatable bonds is 9. The zero-order valence-corrected chi connectivity index (χ0v) is 23.5. The smallest absolute Gasteiger partial charge is 0.343 e. The van der Waals surface area contributed by atoms with Gasteiger partial charge in [-0.25, -0.2) is 10.2 Å². The first-order chi connectivity index (χ1) is 18.8. The maximum absolute atomic E-state index is 13.0. The molecule has 7 nitrogen and oxygen atoms in total. The van der Waals surface area contributed by atoms with Crippen molar-refractivity contribution >= 4 is 57.2 Å². The van der Waals surface area contributed by atoms with Crippen molar-refractivity contribution in [2.75, 3.05) is 0 Å². The van der Waals surface area contributed by atoms with Crippen molar-refractivity contribution in [3.63, 3.8) is 0 Å². The quantitative estimate of drug-likeness (QED) is 0.0696. The minimum atomic E-state index is -1.40.